The fourth-order valence-electron chi connectivity index (χ4n) is 3.32. The fourth-order valence-corrected chi connectivity index (χ4v) is 5.07. The number of hydrogen-bond acceptors (Lipinski definition) is 4. The Bertz CT molecular complexity index is 1000. The first-order valence-electron chi connectivity index (χ1n) is 9.58. The van der Waals surface area contributed by atoms with E-state index in [-0.39, 0.29) is 16.5 Å². The molecule has 0 aromatic heterocycles. The summed E-state index contributed by atoms with van der Waals surface area (Å²) in [5, 5.41) is 0. The second-order valence-corrected chi connectivity index (χ2v) is 9.15. The number of amides is 2. The SMILES string of the molecule is Cc1ccc(C(=O)NNC(=O)c2cccc(S(=O)(=O)N3CCCC[C@@H]3C)c2)cc1. The average Bonchev–Trinajstić information content (AvgIpc) is 2.72. The molecule has 0 saturated carbocycles. The number of benzene rings is 2. The van der Waals surface area contributed by atoms with E-state index in [4.69, 9.17) is 0 Å². The summed E-state index contributed by atoms with van der Waals surface area (Å²) in [6.45, 7) is 4.29. The lowest BCUT2D eigenvalue weighted by molar-refractivity contribution is 0.0846. The smallest absolute Gasteiger partial charge is 0.267 e. The lowest BCUT2D eigenvalue weighted by Gasteiger charge is -2.32. The Hall–Kier alpha value is -2.71. The first-order chi connectivity index (χ1) is 13.8. The van der Waals surface area contributed by atoms with Gasteiger partial charge in [-0.2, -0.15) is 4.31 Å². The van der Waals surface area contributed by atoms with Crippen molar-refractivity contribution in [3.8, 4) is 0 Å². The molecule has 1 aliphatic heterocycles. The van der Waals surface area contributed by atoms with E-state index in [1.807, 2.05) is 13.8 Å². The lowest BCUT2D eigenvalue weighted by atomic mass is 10.1. The molecule has 0 aliphatic carbocycles. The number of piperidine rings is 1. The molecular formula is C21H25N3O4S. The summed E-state index contributed by atoms with van der Waals surface area (Å²) in [7, 11) is -3.68. The molecule has 0 radical (unpaired) electrons. The summed E-state index contributed by atoms with van der Waals surface area (Å²) in [5.41, 5.74) is 6.26. The Morgan fingerprint density at radius 2 is 1.62 bits per heavy atom. The standard InChI is InChI=1S/C21H25N3O4S/c1-15-9-11-17(12-10-15)20(25)22-23-21(26)18-7-5-8-19(14-18)29(27,28)24-13-4-3-6-16(24)2/h5,7-12,14,16H,3-4,6,13H2,1-2H3,(H,22,25)(H,23,26)/t16-/m0/s1. The summed E-state index contributed by atoms with van der Waals surface area (Å²) in [5.74, 6) is -1.04. The molecule has 1 aliphatic rings. The molecule has 2 amide bonds. The Morgan fingerprint density at radius 3 is 2.28 bits per heavy atom. The predicted octanol–water partition coefficient (Wildman–Crippen LogP) is 2.63. The molecular weight excluding hydrogens is 390 g/mol. The summed E-state index contributed by atoms with van der Waals surface area (Å²) < 4.78 is 27.4. The van der Waals surface area contributed by atoms with Crippen LogP contribution >= 0.6 is 0 Å². The van der Waals surface area contributed by atoms with Gasteiger partial charge in [0.15, 0.2) is 0 Å². The van der Waals surface area contributed by atoms with E-state index in [1.54, 1.807) is 24.3 Å². The molecule has 0 unspecified atom stereocenters. The Morgan fingerprint density at radius 1 is 0.966 bits per heavy atom. The number of nitrogens with one attached hydrogen (secondary N) is 2. The number of hydrazine groups is 1. The normalized spacial score (nSPS) is 17.5. The van der Waals surface area contributed by atoms with Gasteiger partial charge in [-0.25, -0.2) is 8.42 Å². The van der Waals surface area contributed by atoms with Crippen molar-refractivity contribution in [2.45, 2.75) is 44.0 Å². The van der Waals surface area contributed by atoms with Crippen LogP contribution in [0.2, 0.25) is 0 Å². The van der Waals surface area contributed by atoms with Gasteiger partial charge < -0.3 is 0 Å². The molecule has 1 fully saturated rings. The number of carbonyl (C=O) groups is 2. The minimum absolute atomic E-state index is 0.0694. The van der Waals surface area contributed by atoms with Crippen LogP contribution in [0.3, 0.4) is 0 Å². The first kappa shape index (κ1) is 21.0. The molecule has 1 atom stereocenters. The molecule has 7 nitrogen and oxygen atoms in total. The predicted molar refractivity (Wildman–Crippen MR) is 110 cm³/mol. The minimum atomic E-state index is -3.68. The van der Waals surface area contributed by atoms with E-state index in [0.29, 0.717) is 12.1 Å². The lowest BCUT2D eigenvalue weighted by Crippen LogP contribution is -2.42. The number of aryl methyl sites for hydroxylation is 1. The number of sulfonamides is 1. The zero-order valence-corrected chi connectivity index (χ0v) is 17.3. The second kappa shape index (κ2) is 8.75. The molecule has 1 saturated heterocycles. The van der Waals surface area contributed by atoms with Gasteiger partial charge in [0.2, 0.25) is 10.0 Å². The van der Waals surface area contributed by atoms with Crippen molar-refractivity contribution in [1.29, 1.82) is 0 Å². The van der Waals surface area contributed by atoms with Crippen LogP contribution in [0.4, 0.5) is 0 Å². The highest BCUT2D eigenvalue weighted by Gasteiger charge is 2.31. The number of carbonyl (C=O) groups excluding carboxylic acids is 2. The first-order valence-corrected chi connectivity index (χ1v) is 11.0. The highest BCUT2D eigenvalue weighted by Crippen LogP contribution is 2.25. The molecule has 2 N–H and O–H groups in total. The van der Waals surface area contributed by atoms with Gasteiger partial charge in [-0.1, -0.05) is 30.2 Å². The van der Waals surface area contributed by atoms with Gasteiger partial charge in [0.05, 0.1) is 4.90 Å². The minimum Gasteiger partial charge on any atom is -0.267 e. The van der Waals surface area contributed by atoms with E-state index >= 15 is 0 Å². The Kier molecular flexibility index (Phi) is 6.34. The Labute approximate surface area is 171 Å². The molecule has 3 rings (SSSR count). The van der Waals surface area contributed by atoms with E-state index in [0.717, 1.165) is 24.8 Å². The molecule has 2 aromatic rings. The quantitative estimate of drug-likeness (QED) is 0.751. The molecule has 2 aromatic carbocycles. The van der Waals surface area contributed by atoms with E-state index in [2.05, 4.69) is 10.9 Å². The van der Waals surface area contributed by atoms with Crippen molar-refractivity contribution in [3.05, 3.63) is 65.2 Å². The molecule has 8 heteroatoms. The van der Waals surface area contributed by atoms with E-state index in [1.165, 1.54) is 28.6 Å². The van der Waals surface area contributed by atoms with Crippen molar-refractivity contribution >= 4 is 21.8 Å². The van der Waals surface area contributed by atoms with Crippen LogP contribution < -0.4 is 10.9 Å². The van der Waals surface area contributed by atoms with Gasteiger partial charge in [-0.15, -0.1) is 0 Å². The average molecular weight is 416 g/mol. The topological polar surface area (TPSA) is 95.6 Å². The number of nitrogens with zero attached hydrogens (tertiary/aromatic N) is 1. The number of hydrogen-bond donors (Lipinski definition) is 2. The van der Waals surface area contributed by atoms with Crippen LogP contribution in [0.1, 0.15) is 52.5 Å². The van der Waals surface area contributed by atoms with Gasteiger partial charge in [0.1, 0.15) is 0 Å². The van der Waals surface area contributed by atoms with Crippen LogP contribution in [0.15, 0.2) is 53.4 Å². The highest BCUT2D eigenvalue weighted by molar-refractivity contribution is 7.89. The third kappa shape index (κ3) is 4.83. The van der Waals surface area contributed by atoms with Gasteiger partial charge >= 0.3 is 0 Å². The number of rotatable bonds is 4. The van der Waals surface area contributed by atoms with Crippen molar-refractivity contribution < 1.29 is 18.0 Å². The van der Waals surface area contributed by atoms with Gasteiger partial charge in [0, 0.05) is 23.7 Å². The second-order valence-electron chi connectivity index (χ2n) is 7.26. The Balaban J connectivity index is 1.70. The molecule has 0 bridgehead atoms. The summed E-state index contributed by atoms with van der Waals surface area (Å²) in [6.07, 6.45) is 2.66. The van der Waals surface area contributed by atoms with Gasteiger partial charge in [-0.3, -0.25) is 20.4 Å². The van der Waals surface area contributed by atoms with Crippen molar-refractivity contribution in [1.82, 2.24) is 15.2 Å². The third-order valence-corrected chi connectivity index (χ3v) is 7.06. The maximum atomic E-state index is 13.0. The molecule has 1 heterocycles. The highest BCUT2D eigenvalue weighted by atomic mass is 32.2. The van der Waals surface area contributed by atoms with Gasteiger partial charge in [0.25, 0.3) is 11.8 Å². The zero-order valence-electron chi connectivity index (χ0n) is 16.5. The van der Waals surface area contributed by atoms with Crippen LogP contribution in [0.5, 0.6) is 0 Å². The molecule has 29 heavy (non-hydrogen) atoms. The van der Waals surface area contributed by atoms with Gasteiger partial charge in [-0.05, 0) is 57.0 Å². The maximum Gasteiger partial charge on any atom is 0.269 e. The van der Waals surface area contributed by atoms with Crippen LogP contribution in [0.25, 0.3) is 0 Å². The summed E-state index contributed by atoms with van der Waals surface area (Å²) in [6, 6.07) is 12.7. The molecule has 0 spiro atoms. The van der Waals surface area contributed by atoms with Crippen LogP contribution in [-0.4, -0.2) is 37.1 Å². The largest absolute Gasteiger partial charge is 0.269 e. The summed E-state index contributed by atoms with van der Waals surface area (Å²) >= 11 is 0. The van der Waals surface area contributed by atoms with Crippen molar-refractivity contribution in [2.24, 2.45) is 0 Å². The fraction of sp³-hybridized carbons (Fsp3) is 0.333. The van der Waals surface area contributed by atoms with E-state index < -0.39 is 21.8 Å². The van der Waals surface area contributed by atoms with Crippen molar-refractivity contribution in [3.63, 3.8) is 0 Å². The van der Waals surface area contributed by atoms with Crippen LogP contribution in [0, 0.1) is 6.92 Å². The van der Waals surface area contributed by atoms with E-state index in [9.17, 15) is 18.0 Å². The summed E-state index contributed by atoms with van der Waals surface area (Å²) in [4.78, 5) is 24.6. The maximum absolute atomic E-state index is 13.0. The third-order valence-electron chi connectivity index (χ3n) is 5.05. The van der Waals surface area contributed by atoms with Crippen LogP contribution in [-0.2, 0) is 10.0 Å². The van der Waals surface area contributed by atoms with Crippen molar-refractivity contribution in [2.75, 3.05) is 6.54 Å². The zero-order chi connectivity index (χ0) is 21.0. The molecule has 154 valence electrons. The monoisotopic (exact) mass is 415 g/mol.